The monoisotopic (exact) mass is 646 g/mol. The van der Waals surface area contributed by atoms with E-state index in [0.29, 0.717) is 45.1 Å². The molecule has 1 aromatic heterocycles. The lowest BCUT2D eigenvalue weighted by molar-refractivity contribution is -0.132. The van der Waals surface area contributed by atoms with Gasteiger partial charge in [-0.3, -0.25) is 28.8 Å². The minimum absolute atomic E-state index is 0.0708. The molecule has 0 aliphatic heterocycles. The molecule has 0 aliphatic rings. The number of carbonyl (C=O) groups is 5. The van der Waals surface area contributed by atoms with Gasteiger partial charge in [-0.2, -0.15) is 0 Å². The van der Waals surface area contributed by atoms with Crippen LogP contribution in [0.5, 0.6) is 0 Å². The Morgan fingerprint density at radius 1 is 0.739 bits per heavy atom. The van der Waals surface area contributed by atoms with E-state index in [1.165, 1.54) is 18.3 Å². The van der Waals surface area contributed by atoms with Crippen LogP contribution in [0, 0.1) is 23.7 Å². The molecule has 0 aliphatic carbocycles. The number of carbonyl (C=O) groups excluding carboxylic acids is 5. The summed E-state index contributed by atoms with van der Waals surface area (Å²) in [6, 6.07) is 0.0704. The second-order valence-corrected chi connectivity index (χ2v) is 13.1. The SMILES string of the molecule is CCC[C@H](NC(=O)[C@@H](NC(=O)c1ccc(=O)[nH]c1)[C@@H](C)CC)C(=O)N[C@H](CC[C@@H](C)C(=O)N[C@H](C(=O)NCC)C(C)C)CC(C)C. The zero-order valence-corrected chi connectivity index (χ0v) is 29.3. The van der Waals surface area contributed by atoms with Crippen LogP contribution in [-0.2, 0) is 19.2 Å². The Bertz CT molecular complexity index is 1180. The number of rotatable bonds is 20. The summed E-state index contributed by atoms with van der Waals surface area (Å²) in [5, 5.41) is 14.4. The Labute approximate surface area is 274 Å². The topological polar surface area (TPSA) is 178 Å². The van der Waals surface area contributed by atoms with Crippen molar-refractivity contribution >= 4 is 29.5 Å². The van der Waals surface area contributed by atoms with E-state index in [2.05, 4.69) is 45.4 Å². The van der Waals surface area contributed by atoms with Crippen LogP contribution >= 0.6 is 0 Å². The minimum Gasteiger partial charge on any atom is -0.355 e. The van der Waals surface area contributed by atoms with Crippen LogP contribution in [0.25, 0.3) is 0 Å². The molecule has 260 valence electrons. The Hall–Kier alpha value is -3.70. The van der Waals surface area contributed by atoms with E-state index in [1.807, 2.05) is 48.5 Å². The highest BCUT2D eigenvalue weighted by Crippen LogP contribution is 2.17. The molecule has 0 radical (unpaired) electrons. The Morgan fingerprint density at radius 2 is 1.41 bits per heavy atom. The molecule has 0 saturated carbocycles. The first kappa shape index (κ1) is 40.3. The number of amides is 5. The maximum Gasteiger partial charge on any atom is 0.253 e. The van der Waals surface area contributed by atoms with Crippen molar-refractivity contribution in [1.82, 2.24) is 31.6 Å². The first-order valence-electron chi connectivity index (χ1n) is 16.8. The summed E-state index contributed by atoms with van der Waals surface area (Å²) >= 11 is 0. The fourth-order valence-electron chi connectivity index (χ4n) is 5.11. The number of hydrogen-bond acceptors (Lipinski definition) is 6. The van der Waals surface area contributed by atoms with Gasteiger partial charge in [0, 0.05) is 30.8 Å². The molecule has 0 unspecified atom stereocenters. The molecule has 0 aromatic carbocycles. The van der Waals surface area contributed by atoms with E-state index in [1.54, 1.807) is 0 Å². The molecular weight excluding hydrogens is 588 g/mol. The van der Waals surface area contributed by atoms with Gasteiger partial charge in [0.25, 0.3) is 5.91 Å². The maximum atomic E-state index is 13.6. The van der Waals surface area contributed by atoms with Gasteiger partial charge in [0.15, 0.2) is 0 Å². The van der Waals surface area contributed by atoms with E-state index in [9.17, 15) is 28.8 Å². The van der Waals surface area contributed by atoms with E-state index >= 15 is 0 Å². The molecule has 12 heteroatoms. The zero-order valence-electron chi connectivity index (χ0n) is 29.3. The molecular formula is C34H58N6O6. The second kappa shape index (κ2) is 20.4. The van der Waals surface area contributed by atoms with Gasteiger partial charge in [-0.05, 0) is 56.4 Å². The first-order chi connectivity index (χ1) is 21.6. The molecule has 12 nitrogen and oxygen atoms in total. The molecule has 0 fully saturated rings. The summed E-state index contributed by atoms with van der Waals surface area (Å²) in [6.07, 6.45) is 4.68. The van der Waals surface area contributed by atoms with Gasteiger partial charge in [-0.1, -0.05) is 68.2 Å². The minimum atomic E-state index is -0.892. The summed E-state index contributed by atoms with van der Waals surface area (Å²) in [6.45, 7) is 17.7. The maximum absolute atomic E-state index is 13.6. The van der Waals surface area contributed by atoms with E-state index < -0.39 is 29.9 Å². The molecule has 1 heterocycles. The third kappa shape index (κ3) is 13.7. The quantitative estimate of drug-likeness (QED) is 0.127. The van der Waals surface area contributed by atoms with Gasteiger partial charge in [0.2, 0.25) is 29.2 Å². The van der Waals surface area contributed by atoms with Crippen molar-refractivity contribution in [2.24, 2.45) is 23.7 Å². The normalized spacial score (nSPS) is 15.2. The average Bonchev–Trinajstić information content (AvgIpc) is 3.00. The molecule has 1 rings (SSSR count). The van der Waals surface area contributed by atoms with Crippen LogP contribution in [0.1, 0.15) is 111 Å². The Balaban J connectivity index is 2.98. The number of H-pyrrole nitrogens is 1. The third-order valence-electron chi connectivity index (χ3n) is 8.13. The number of nitrogens with one attached hydrogen (secondary N) is 6. The number of hydrogen-bond donors (Lipinski definition) is 6. The van der Waals surface area contributed by atoms with Crippen LogP contribution in [0.4, 0.5) is 0 Å². The first-order valence-corrected chi connectivity index (χ1v) is 16.8. The summed E-state index contributed by atoms with van der Waals surface area (Å²) in [5.41, 5.74) is -0.127. The van der Waals surface area contributed by atoms with E-state index in [0.717, 1.165) is 0 Å². The van der Waals surface area contributed by atoms with Gasteiger partial charge in [0.1, 0.15) is 18.1 Å². The number of aromatic amines is 1. The van der Waals surface area contributed by atoms with E-state index in [-0.39, 0.29) is 58.6 Å². The predicted molar refractivity (Wildman–Crippen MR) is 180 cm³/mol. The average molecular weight is 647 g/mol. The van der Waals surface area contributed by atoms with Crippen molar-refractivity contribution in [2.75, 3.05) is 6.54 Å². The molecule has 6 N–H and O–H groups in total. The highest BCUT2D eigenvalue weighted by atomic mass is 16.2. The fraction of sp³-hybridized carbons (Fsp3) is 0.706. The number of likely N-dealkylation sites (N-methyl/N-ethyl adjacent to an activating group) is 1. The van der Waals surface area contributed by atoms with E-state index in [4.69, 9.17) is 0 Å². The van der Waals surface area contributed by atoms with Gasteiger partial charge < -0.3 is 31.6 Å². The van der Waals surface area contributed by atoms with Crippen molar-refractivity contribution in [3.8, 4) is 0 Å². The van der Waals surface area contributed by atoms with Crippen LogP contribution in [0.15, 0.2) is 23.1 Å². The highest BCUT2D eigenvalue weighted by Gasteiger charge is 2.31. The molecule has 0 bridgehead atoms. The van der Waals surface area contributed by atoms with Crippen molar-refractivity contribution in [3.63, 3.8) is 0 Å². The highest BCUT2D eigenvalue weighted by molar-refractivity contribution is 5.98. The number of pyridine rings is 1. The van der Waals surface area contributed by atoms with Crippen molar-refractivity contribution < 1.29 is 24.0 Å². The largest absolute Gasteiger partial charge is 0.355 e. The summed E-state index contributed by atoms with van der Waals surface area (Å²) < 4.78 is 0. The summed E-state index contributed by atoms with van der Waals surface area (Å²) in [4.78, 5) is 79.2. The predicted octanol–water partition coefficient (Wildman–Crippen LogP) is 3.03. The van der Waals surface area contributed by atoms with Crippen LogP contribution in [-0.4, -0.2) is 65.2 Å². The molecule has 46 heavy (non-hydrogen) atoms. The van der Waals surface area contributed by atoms with Crippen molar-refractivity contribution in [3.05, 3.63) is 34.2 Å². The van der Waals surface area contributed by atoms with Crippen molar-refractivity contribution in [2.45, 2.75) is 125 Å². The Morgan fingerprint density at radius 3 is 1.93 bits per heavy atom. The van der Waals surface area contributed by atoms with Gasteiger partial charge in [-0.25, -0.2) is 0 Å². The Kier molecular flexibility index (Phi) is 17.9. The van der Waals surface area contributed by atoms with Gasteiger partial charge >= 0.3 is 0 Å². The van der Waals surface area contributed by atoms with Crippen LogP contribution in [0.2, 0.25) is 0 Å². The van der Waals surface area contributed by atoms with Crippen molar-refractivity contribution in [1.29, 1.82) is 0 Å². The van der Waals surface area contributed by atoms with Crippen LogP contribution in [0.3, 0.4) is 0 Å². The zero-order chi connectivity index (χ0) is 35.0. The smallest absolute Gasteiger partial charge is 0.253 e. The molecule has 1 aromatic rings. The molecule has 0 saturated heterocycles. The third-order valence-corrected chi connectivity index (χ3v) is 8.13. The van der Waals surface area contributed by atoms with Gasteiger partial charge in [0.05, 0.1) is 5.56 Å². The standard InChI is InChI=1S/C34H58N6O6/c1-10-13-26(38-34(46)29(22(8)11-2)40-31(43)24-15-17-27(41)36-19-24)32(44)37-25(18-20(4)5)16-14-23(9)30(42)39-28(21(6)7)33(45)35-12-3/h15,17,19-23,25-26,28-29H,10-14,16,18H2,1-9H3,(H,35,45)(H,36,41)(H,37,44)(H,38,46)(H,39,42)(H,40,43)/t22-,23+,25+,26-,28-,29-/m0/s1. The van der Waals surface area contributed by atoms with Gasteiger partial charge in [-0.15, -0.1) is 0 Å². The second-order valence-electron chi connectivity index (χ2n) is 13.1. The lowest BCUT2D eigenvalue weighted by atomic mass is 9.94. The lowest BCUT2D eigenvalue weighted by Crippen LogP contribution is -2.56. The van der Waals surface area contributed by atoms with Crippen LogP contribution < -0.4 is 32.1 Å². The molecule has 5 amide bonds. The number of aromatic nitrogens is 1. The molecule has 6 atom stereocenters. The lowest BCUT2D eigenvalue weighted by Gasteiger charge is -2.28. The summed E-state index contributed by atoms with van der Waals surface area (Å²) in [7, 11) is 0. The summed E-state index contributed by atoms with van der Waals surface area (Å²) in [5.74, 6) is -2.10. The molecule has 0 spiro atoms. The fourth-order valence-corrected chi connectivity index (χ4v) is 5.11.